The van der Waals surface area contributed by atoms with E-state index in [-0.39, 0.29) is 17.6 Å². The van der Waals surface area contributed by atoms with Crippen LogP contribution in [0.1, 0.15) is 17.3 Å². The zero-order valence-corrected chi connectivity index (χ0v) is 14.5. The molecule has 0 heterocycles. The van der Waals surface area contributed by atoms with Crippen molar-refractivity contribution in [3.8, 4) is 0 Å². The summed E-state index contributed by atoms with van der Waals surface area (Å²) in [6, 6.07) is 13.0. The van der Waals surface area contributed by atoms with Crippen LogP contribution in [-0.2, 0) is 9.53 Å². The van der Waals surface area contributed by atoms with E-state index in [1.807, 2.05) is 0 Å². The van der Waals surface area contributed by atoms with Gasteiger partial charge in [0.15, 0.2) is 0 Å². The number of rotatable bonds is 5. The number of benzene rings is 2. The van der Waals surface area contributed by atoms with Crippen LogP contribution in [0.5, 0.6) is 0 Å². The van der Waals surface area contributed by atoms with E-state index in [0.29, 0.717) is 10.5 Å². The minimum atomic E-state index is -0.471. The van der Waals surface area contributed by atoms with Crippen LogP contribution in [0.2, 0.25) is 0 Å². The smallest absolute Gasteiger partial charge is 0.318 e. The number of methoxy groups -OCH3 is 1. The summed E-state index contributed by atoms with van der Waals surface area (Å²) in [4.78, 5) is 26.3. The fourth-order valence-electron chi connectivity index (χ4n) is 2.16. The summed E-state index contributed by atoms with van der Waals surface area (Å²) in [5.74, 6) is -1.19. The maximum atomic E-state index is 13.9. The number of amides is 1. The molecule has 0 radical (unpaired) electrons. The Bertz CT molecular complexity index is 751. The Hall–Kier alpha value is -2.34. The van der Waals surface area contributed by atoms with Crippen LogP contribution in [0, 0.1) is 5.82 Å². The molecule has 6 heteroatoms. The number of ether oxygens (including phenoxy) is 1. The molecule has 4 nitrogen and oxygen atoms in total. The molecule has 0 aromatic heterocycles. The van der Waals surface area contributed by atoms with E-state index in [4.69, 9.17) is 4.74 Å². The van der Waals surface area contributed by atoms with E-state index >= 15 is 0 Å². The highest BCUT2D eigenvalue weighted by Crippen LogP contribution is 2.29. The minimum absolute atomic E-state index is 0.198. The van der Waals surface area contributed by atoms with Gasteiger partial charge >= 0.3 is 5.97 Å². The lowest BCUT2D eigenvalue weighted by atomic mass is 10.2. The number of nitrogens with zero attached hydrogens (tertiary/aromatic N) is 1. The van der Waals surface area contributed by atoms with Gasteiger partial charge in [0.25, 0.3) is 5.91 Å². The van der Waals surface area contributed by atoms with Crippen LogP contribution in [0.25, 0.3) is 0 Å². The molecule has 0 N–H and O–H groups in total. The molecule has 2 aromatic carbocycles. The van der Waals surface area contributed by atoms with Crippen LogP contribution in [0.15, 0.2) is 53.4 Å². The predicted molar refractivity (Wildman–Crippen MR) is 92.9 cm³/mol. The molecular formula is C18H18FNO3S. The van der Waals surface area contributed by atoms with Crippen molar-refractivity contribution in [3.63, 3.8) is 0 Å². The number of carbonyl (C=O) groups is 2. The Labute approximate surface area is 144 Å². The molecule has 0 unspecified atom stereocenters. The third kappa shape index (κ3) is 3.94. The average molecular weight is 347 g/mol. The van der Waals surface area contributed by atoms with Gasteiger partial charge in [-0.25, -0.2) is 4.39 Å². The molecule has 0 aliphatic rings. The van der Waals surface area contributed by atoms with Crippen LogP contribution in [0.4, 0.5) is 10.1 Å². The number of halogens is 1. The summed E-state index contributed by atoms with van der Waals surface area (Å²) in [5.41, 5.74) is 0.604. The average Bonchev–Trinajstić information content (AvgIpc) is 2.60. The molecule has 24 heavy (non-hydrogen) atoms. The topological polar surface area (TPSA) is 46.6 Å². The van der Waals surface area contributed by atoms with Crippen LogP contribution < -0.4 is 4.90 Å². The van der Waals surface area contributed by atoms with E-state index in [0.717, 1.165) is 0 Å². The van der Waals surface area contributed by atoms with Crippen LogP contribution in [0.3, 0.4) is 0 Å². The lowest BCUT2D eigenvalue weighted by Gasteiger charge is -2.20. The van der Waals surface area contributed by atoms with Crippen LogP contribution in [-0.4, -0.2) is 31.3 Å². The quantitative estimate of drug-likeness (QED) is 0.610. The number of carbonyl (C=O) groups excluding carboxylic acids is 2. The molecule has 1 atom stereocenters. The molecule has 0 aliphatic heterocycles. The second-order valence-electron chi connectivity index (χ2n) is 5.09. The molecule has 0 saturated carbocycles. The first kappa shape index (κ1) is 18.0. The summed E-state index contributed by atoms with van der Waals surface area (Å²) in [7, 11) is 2.84. The number of hydrogen-bond acceptors (Lipinski definition) is 4. The van der Waals surface area contributed by atoms with Gasteiger partial charge in [-0.3, -0.25) is 9.59 Å². The van der Waals surface area contributed by atoms with E-state index in [9.17, 15) is 14.0 Å². The van der Waals surface area contributed by atoms with Crippen molar-refractivity contribution in [2.45, 2.75) is 17.1 Å². The Kier molecular flexibility index (Phi) is 5.98. The first-order valence-electron chi connectivity index (χ1n) is 7.31. The van der Waals surface area contributed by atoms with Crippen molar-refractivity contribution in [3.05, 3.63) is 59.9 Å². The second-order valence-corrected chi connectivity index (χ2v) is 6.48. The Morgan fingerprint density at radius 2 is 1.75 bits per heavy atom. The van der Waals surface area contributed by atoms with E-state index in [1.165, 1.54) is 36.9 Å². The highest BCUT2D eigenvalue weighted by Gasteiger charge is 2.22. The minimum Gasteiger partial charge on any atom is -0.468 e. The lowest BCUT2D eigenvalue weighted by Crippen LogP contribution is -2.27. The van der Waals surface area contributed by atoms with Gasteiger partial charge in [0.1, 0.15) is 11.1 Å². The number of para-hydroxylation sites is 1. The highest BCUT2D eigenvalue weighted by molar-refractivity contribution is 8.00. The first-order chi connectivity index (χ1) is 11.5. The van der Waals surface area contributed by atoms with E-state index < -0.39 is 11.1 Å². The van der Waals surface area contributed by atoms with Gasteiger partial charge in [0.2, 0.25) is 0 Å². The summed E-state index contributed by atoms with van der Waals surface area (Å²) in [6.45, 7) is 1.71. The number of esters is 1. The predicted octanol–water partition coefficient (Wildman–Crippen LogP) is 3.76. The van der Waals surface area contributed by atoms with E-state index in [2.05, 4.69) is 0 Å². The summed E-state index contributed by atoms with van der Waals surface area (Å²) in [5, 5.41) is -0.456. The van der Waals surface area contributed by atoms with Crippen molar-refractivity contribution < 1.29 is 18.7 Å². The van der Waals surface area contributed by atoms with Gasteiger partial charge in [0.05, 0.1) is 18.4 Å². The summed E-state index contributed by atoms with van der Waals surface area (Å²) in [6.07, 6.45) is 0. The second kappa shape index (κ2) is 7.97. The van der Waals surface area contributed by atoms with Gasteiger partial charge in [-0.05, 0) is 31.2 Å². The summed E-state index contributed by atoms with van der Waals surface area (Å²) >= 11 is 1.23. The van der Waals surface area contributed by atoms with Gasteiger partial charge in [-0.1, -0.05) is 24.3 Å². The Morgan fingerprint density at radius 1 is 1.12 bits per heavy atom. The Balaban J connectivity index is 2.30. The third-order valence-electron chi connectivity index (χ3n) is 3.47. The Morgan fingerprint density at radius 3 is 2.42 bits per heavy atom. The maximum absolute atomic E-state index is 13.9. The molecule has 0 saturated heterocycles. The van der Waals surface area contributed by atoms with Crippen molar-refractivity contribution >= 4 is 29.3 Å². The zero-order chi connectivity index (χ0) is 17.7. The third-order valence-corrected chi connectivity index (χ3v) is 4.63. The lowest BCUT2D eigenvalue weighted by molar-refractivity contribution is -0.139. The standard InChI is InChI=1S/C18H18FNO3S/c1-12(18(22)23-3)24-16-11-7-4-8-13(16)17(21)20(2)15-10-6-5-9-14(15)19/h4-12H,1-3H3/t12-/m0/s1. The monoisotopic (exact) mass is 347 g/mol. The van der Waals surface area contributed by atoms with E-state index in [1.54, 1.807) is 49.4 Å². The first-order valence-corrected chi connectivity index (χ1v) is 8.19. The molecule has 0 spiro atoms. The molecule has 1 amide bonds. The van der Waals surface area contributed by atoms with Gasteiger partial charge in [-0.2, -0.15) is 0 Å². The van der Waals surface area contributed by atoms with Gasteiger partial charge in [-0.15, -0.1) is 11.8 Å². The van der Waals surface area contributed by atoms with Gasteiger partial charge in [0, 0.05) is 11.9 Å². The van der Waals surface area contributed by atoms with Crippen molar-refractivity contribution in [2.24, 2.45) is 0 Å². The molecule has 2 aromatic rings. The van der Waals surface area contributed by atoms with Gasteiger partial charge < -0.3 is 9.64 Å². The van der Waals surface area contributed by atoms with Crippen molar-refractivity contribution in [1.82, 2.24) is 0 Å². The molecule has 0 fully saturated rings. The SMILES string of the molecule is COC(=O)[C@H](C)Sc1ccccc1C(=O)N(C)c1ccccc1F. The number of hydrogen-bond donors (Lipinski definition) is 0. The molecular weight excluding hydrogens is 329 g/mol. The molecule has 0 aliphatic carbocycles. The number of thioether (sulfide) groups is 1. The highest BCUT2D eigenvalue weighted by atomic mass is 32.2. The zero-order valence-electron chi connectivity index (χ0n) is 13.7. The fourth-order valence-corrected chi connectivity index (χ4v) is 3.18. The largest absolute Gasteiger partial charge is 0.468 e. The number of anilines is 1. The normalized spacial score (nSPS) is 11.7. The van der Waals surface area contributed by atoms with Crippen LogP contribution >= 0.6 is 11.8 Å². The fraction of sp³-hybridized carbons (Fsp3) is 0.222. The summed E-state index contributed by atoms with van der Waals surface area (Å²) < 4.78 is 18.6. The maximum Gasteiger partial charge on any atom is 0.318 e. The molecule has 126 valence electrons. The van der Waals surface area contributed by atoms with Crippen molar-refractivity contribution in [2.75, 3.05) is 19.1 Å². The van der Waals surface area contributed by atoms with Crippen molar-refractivity contribution in [1.29, 1.82) is 0 Å². The molecule has 2 rings (SSSR count). The molecule has 0 bridgehead atoms.